The van der Waals surface area contributed by atoms with Gasteiger partial charge in [0.2, 0.25) is 5.91 Å². The first kappa shape index (κ1) is 16.0. The molecule has 1 N–H and O–H groups in total. The highest BCUT2D eigenvalue weighted by Crippen LogP contribution is 2.23. The largest absolute Gasteiger partial charge is 0.346 e. The summed E-state index contributed by atoms with van der Waals surface area (Å²) >= 11 is 13.4. The molecule has 1 amide bonds. The first-order valence-electron chi connectivity index (χ1n) is 6.87. The van der Waals surface area contributed by atoms with Gasteiger partial charge < -0.3 is 5.32 Å². The lowest BCUT2D eigenvalue weighted by Gasteiger charge is -1.99. The van der Waals surface area contributed by atoms with Gasteiger partial charge in [-0.2, -0.15) is 0 Å². The Morgan fingerprint density at radius 1 is 1.17 bits per heavy atom. The van der Waals surface area contributed by atoms with Gasteiger partial charge in [-0.3, -0.25) is 4.79 Å². The Morgan fingerprint density at radius 2 is 2.00 bits per heavy atom. The van der Waals surface area contributed by atoms with E-state index in [1.54, 1.807) is 35.6 Å². The van der Waals surface area contributed by atoms with Crippen LogP contribution in [0.3, 0.4) is 0 Å². The standard InChI is InChI=1S/C17H12Cl2N2OS/c18-12-7-5-11(9-13(12)19)6-8-16(22)20-10-17-21-14-3-1-2-4-15(14)23-17/h1-9H,10H2,(H,20,22)/b8-6+. The van der Waals surface area contributed by atoms with Gasteiger partial charge in [0.05, 0.1) is 26.8 Å². The Bertz CT molecular complexity index is 856. The molecule has 3 aromatic rings. The van der Waals surface area contributed by atoms with Crippen molar-refractivity contribution in [2.75, 3.05) is 0 Å². The molecule has 0 fully saturated rings. The van der Waals surface area contributed by atoms with Crippen LogP contribution in [-0.4, -0.2) is 10.9 Å². The van der Waals surface area contributed by atoms with Crippen LogP contribution < -0.4 is 5.32 Å². The fourth-order valence-electron chi connectivity index (χ4n) is 2.01. The van der Waals surface area contributed by atoms with Gasteiger partial charge in [-0.1, -0.05) is 41.4 Å². The molecule has 0 radical (unpaired) electrons. The molecule has 6 heteroatoms. The lowest BCUT2D eigenvalue weighted by molar-refractivity contribution is -0.116. The number of amides is 1. The van der Waals surface area contributed by atoms with E-state index in [4.69, 9.17) is 23.2 Å². The zero-order valence-electron chi connectivity index (χ0n) is 11.9. The first-order chi connectivity index (χ1) is 11.1. The van der Waals surface area contributed by atoms with E-state index in [-0.39, 0.29) is 5.91 Å². The number of hydrogen-bond acceptors (Lipinski definition) is 3. The van der Waals surface area contributed by atoms with Crippen molar-refractivity contribution in [1.29, 1.82) is 0 Å². The van der Waals surface area contributed by atoms with Crippen LogP contribution in [-0.2, 0) is 11.3 Å². The van der Waals surface area contributed by atoms with Gasteiger partial charge in [0, 0.05) is 6.08 Å². The molecule has 2 aromatic carbocycles. The Balaban J connectivity index is 1.60. The fraction of sp³-hybridized carbons (Fsp3) is 0.0588. The van der Waals surface area contributed by atoms with Crippen LogP contribution in [0.2, 0.25) is 10.0 Å². The molecule has 0 atom stereocenters. The van der Waals surface area contributed by atoms with Crippen molar-refractivity contribution in [3.05, 3.63) is 69.2 Å². The summed E-state index contributed by atoms with van der Waals surface area (Å²) in [7, 11) is 0. The summed E-state index contributed by atoms with van der Waals surface area (Å²) < 4.78 is 1.11. The summed E-state index contributed by atoms with van der Waals surface area (Å²) in [5, 5.41) is 4.65. The van der Waals surface area contributed by atoms with Crippen LogP contribution in [0, 0.1) is 0 Å². The van der Waals surface area contributed by atoms with Gasteiger partial charge in [-0.25, -0.2) is 4.98 Å². The smallest absolute Gasteiger partial charge is 0.244 e. The highest BCUT2D eigenvalue weighted by atomic mass is 35.5. The first-order valence-corrected chi connectivity index (χ1v) is 8.44. The molecule has 0 saturated carbocycles. The van der Waals surface area contributed by atoms with E-state index in [9.17, 15) is 4.79 Å². The lowest BCUT2D eigenvalue weighted by atomic mass is 10.2. The Hall–Kier alpha value is -1.88. The lowest BCUT2D eigenvalue weighted by Crippen LogP contribution is -2.19. The van der Waals surface area contributed by atoms with Crippen LogP contribution in [0.15, 0.2) is 48.5 Å². The number of fused-ring (bicyclic) bond motifs is 1. The summed E-state index contributed by atoms with van der Waals surface area (Å²) in [4.78, 5) is 16.3. The van der Waals surface area contributed by atoms with Crippen LogP contribution in [0.1, 0.15) is 10.6 Å². The van der Waals surface area contributed by atoms with Crippen molar-refractivity contribution < 1.29 is 4.79 Å². The molecular weight excluding hydrogens is 351 g/mol. The topological polar surface area (TPSA) is 42.0 Å². The van der Waals surface area contributed by atoms with Crippen LogP contribution in [0.25, 0.3) is 16.3 Å². The number of hydrogen-bond donors (Lipinski definition) is 1. The molecule has 1 aromatic heterocycles. The summed E-state index contributed by atoms with van der Waals surface area (Å²) in [5.74, 6) is -0.185. The van der Waals surface area contributed by atoms with Crippen molar-refractivity contribution >= 4 is 56.7 Å². The quantitative estimate of drug-likeness (QED) is 0.668. The maximum Gasteiger partial charge on any atom is 0.244 e. The van der Waals surface area contributed by atoms with Gasteiger partial charge in [0.15, 0.2) is 0 Å². The monoisotopic (exact) mass is 362 g/mol. The second-order valence-corrected chi connectivity index (χ2v) is 6.73. The number of nitrogens with zero attached hydrogens (tertiary/aromatic N) is 1. The normalized spacial score (nSPS) is 11.2. The summed E-state index contributed by atoms with van der Waals surface area (Å²) in [6, 6.07) is 13.1. The minimum atomic E-state index is -0.185. The molecule has 0 saturated heterocycles. The van der Waals surface area contributed by atoms with Gasteiger partial charge in [-0.15, -0.1) is 11.3 Å². The van der Waals surface area contributed by atoms with E-state index < -0.39 is 0 Å². The summed E-state index contributed by atoms with van der Waals surface area (Å²) in [5.41, 5.74) is 1.77. The molecule has 0 bridgehead atoms. The Kier molecular flexibility index (Phi) is 4.96. The number of carbonyl (C=O) groups is 1. The summed E-state index contributed by atoms with van der Waals surface area (Å²) in [6.07, 6.45) is 3.16. The van der Waals surface area contributed by atoms with E-state index in [1.165, 1.54) is 6.08 Å². The third kappa shape index (κ3) is 4.10. The van der Waals surface area contributed by atoms with E-state index in [1.807, 2.05) is 24.3 Å². The maximum atomic E-state index is 11.9. The number of para-hydroxylation sites is 1. The Labute approximate surface area is 147 Å². The molecule has 0 unspecified atom stereocenters. The SMILES string of the molecule is O=C(/C=C/c1ccc(Cl)c(Cl)c1)NCc1nc2ccccc2s1. The Morgan fingerprint density at radius 3 is 2.78 bits per heavy atom. The highest BCUT2D eigenvalue weighted by Gasteiger charge is 2.04. The van der Waals surface area contributed by atoms with Crippen LogP contribution in [0.4, 0.5) is 0 Å². The van der Waals surface area contributed by atoms with Gasteiger partial charge in [-0.05, 0) is 35.9 Å². The number of rotatable bonds is 4. The number of nitrogens with one attached hydrogen (secondary N) is 1. The minimum Gasteiger partial charge on any atom is -0.346 e. The molecule has 0 aliphatic carbocycles. The van der Waals surface area contributed by atoms with Crippen molar-refractivity contribution in [2.24, 2.45) is 0 Å². The van der Waals surface area contributed by atoms with E-state index in [0.29, 0.717) is 16.6 Å². The molecule has 3 nitrogen and oxygen atoms in total. The molecule has 3 rings (SSSR count). The zero-order valence-corrected chi connectivity index (χ0v) is 14.3. The average Bonchev–Trinajstić information content (AvgIpc) is 2.97. The molecule has 23 heavy (non-hydrogen) atoms. The molecule has 1 heterocycles. The van der Waals surface area contributed by atoms with E-state index in [2.05, 4.69) is 10.3 Å². The second-order valence-electron chi connectivity index (χ2n) is 4.80. The molecule has 0 aliphatic rings. The summed E-state index contributed by atoms with van der Waals surface area (Å²) in [6.45, 7) is 0.407. The highest BCUT2D eigenvalue weighted by molar-refractivity contribution is 7.18. The number of halogens is 2. The van der Waals surface area contributed by atoms with Crippen molar-refractivity contribution in [3.8, 4) is 0 Å². The number of carbonyl (C=O) groups excluding carboxylic acids is 1. The van der Waals surface area contributed by atoms with E-state index in [0.717, 1.165) is 20.8 Å². The number of aromatic nitrogens is 1. The second kappa shape index (κ2) is 7.13. The van der Waals surface area contributed by atoms with Gasteiger partial charge >= 0.3 is 0 Å². The van der Waals surface area contributed by atoms with Crippen molar-refractivity contribution in [2.45, 2.75) is 6.54 Å². The predicted molar refractivity (Wildman–Crippen MR) is 97.0 cm³/mol. The van der Waals surface area contributed by atoms with Crippen molar-refractivity contribution in [3.63, 3.8) is 0 Å². The average molecular weight is 363 g/mol. The third-order valence-corrected chi connectivity index (χ3v) is 4.90. The molecule has 0 spiro atoms. The van der Waals surface area contributed by atoms with E-state index >= 15 is 0 Å². The molecule has 116 valence electrons. The predicted octanol–water partition coefficient (Wildman–Crippen LogP) is 4.93. The number of benzene rings is 2. The maximum absolute atomic E-state index is 11.9. The minimum absolute atomic E-state index is 0.185. The van der Waals surface area contributed by atoms with Gasteiger partial charge in [0.25, 0.3) is 0 Å². The van der Waals surface area contributed by atoms with Gasteiger partial charge in [0.1, 0.15) is 5.01 Å². The van der Waals surface area contributed by atoms with Crippen LogP contribution >= 0.6 is 34.5 Å². The van der Waals surface area contributed by atoms with Crippen molar-refractivity contribution in [1.82, 2.24) is 10.3 Å². The number of thiazole rings is 1. The fourth-order valence-corrected chi connectivity index (χ4v) is 3.22. The zero-order chi connectivity index (χ0) is 16.2. The molecular formula is C17H12Cl2N2OS. The third-order valence-electron chi connectivity index (χ3n) is 3.12. The van der Waals surface area contributed by atoms with Crippen LogP contribution in [0.5, 0.6) is 0 Å². The molecule has 0 aliphatic heterocycles.